The molecule has 16 rings (SSSR count). The van der Waals surface area contributed by atoms with Crippen LogP contribution in [-0.4, -0.2) is 20.7 Å². The zero-order valence-corrected chi connectivity index (χ0v) is 42.2. The molecule has 1 aliphatic heterocycles. The summed E-state index contributed by atoms with van der Waals surface area (Å²) >= 11 is 0. The summed E-state index contributed by atoms with van der Waals surface area (Å²) in [5.74, 6) is 0.577. The Hall–Kier alpha value is -9.84. The number of hydrogen-bond donors (Lipinski definition) is 0. The third-order valence-electron chi connectivity index (χ3n) is 16.5. The second-order valence-electron chi connectivity index (χ2n) is 20.7. The molecule has 5 nitrogen and oxygen atoms in total. The van der Waals surface area contributed by atoms with Gasteiger partial charge in [-0.25, -0.2) is 4.99 Å². The van der Waals surface area contributed by atoms with Gasteiger partial charge >= 0.3 is 0 Å². The Labute approximate surface area is 443 Å². The van der Waals surface area contributed by atoms with E-state index in [0.717, 1.165) is 95.0 Å². The van der Waals surface area contributed by atoms with Crippen LogP contribution >= 0.6 is 0 Å². The number of aromatic nitrogens is 2. The normalized spacial score (nSPS) is 15.0. The van der Waals surface area contributed by atoms with Crippen molar-refractivity contribution in [1.29, 1.82) is 0 Å². The Morgan fingerprint density at radius 3 is 1.75 bits per heavy atom. The molecule has 0 saturated heterocycles. The van der Waals surface area contributed by atoms with E-state index in [1.165, 1.54) is 54.2 Å². The molecule has 0 amide bonds. The van der Waals surface area contributed by atoms with Gasteiger partial charge in [0.1, 0.15) is 11.2 Å². The van der Waals surface area contributed by atoms with E-state index in [-0.39, 0.29) is 5.92 Å². The summed E-state index contributed by atoms with van der Waals surface area (Å²) in [6, 6.07) is 90.1. The minimum absolute atomic E-state index is 0.133. The van der Waals surface area contributed by atoms with Gasteiger partial charge in [-0.1, -0.05) is 183 Å². The highest BCUT2D eigenvalue weighted by atomic mass is 16.3. The number of furan rings is 1. The van der Waals surface area contributed by atoms with E-state index in [4.69, 9.17) is 14.4 Å². The van der Waals surface area contributed by atoms with E-state index in [2.05, 4.69) is 265 Å². The zero-order valence-electron chi connectivity index (χ0n) is 42.2. The number of hydrogen-bond acceptors (Lipinski definition) is 3. The van der Waals surface area contributed by atoms with Crippen LogP contribution in [0, 0.1) is 5.92 Å². The predicted octanol–water partition coefficient (Wildman–Crippen LogP) is 18.9. The van der Waals surface area contributed by atoms with Gasteiger partial charge in [-0.15, -0.1) is 0 Å². The van der Waals surface area contributed by atoms with E-state index in [1.807, 2.05) is 0 Å². The van der Waals surface area contributed by atoms with Crippen molar-refractivity contribution >= 4 is 109 Å². The standard InChI is InChI=1S/C72H48N4O/c1-2-54-70(52-34-35-61-57(41-52)56-27-15-16-28-60(56)75(61)53-24-7-4-8-25-53)73-72(47-31-29-45(30-32-47)44-17-5-3-6-18-44)74-71(54)69-63(37-38-65-68(69)59-40-49-21-10-12-23-51(49)43-66(59)77-65)76-62-36-33-46-19-13-14-26-55(46)67(62)58-39-48-20-9-11-22-50(48)42-64(58)76/h3-43,54,71H,2H2,1H3. The van der Waals surface area contributed by atoms with Crippen LogP contribution in [0.15, 0.2) is 263 Å². The number of benzene rings is 12. The molecule has 0 N–H and O–H groups in total. The van der Waals surface area contributed by atoms with Crippen LogP contribution in [0.3, 0.4) is 0 Å². The molecule has 12 aromatic carbocycles. The molecule has 0 aliphatic carbocycles. The highest BCUT2D eigenvalue weighted by molar-refractivity contribution is 6.24. The Bertz CT molecular complexity index is 4960. The molecule has 5 heteroatoms. The molecule has 0 saturated carbocycles. The fraction of sp³-hybridized carbons (Fsp3) is 0.0556. The van der Waals surface area contributed by atoms with Gasteiger partial charge in [-0.05, 0) is 128 Å². The Morgan fingerprint density at radius 2 is 0.987 bits per heavy atom. The van der Waals surface area contributed by atoms with Crippen molar-refractivity contribution in [2.24, 2.45) is 15.9 Å². The first-order valence-electron chi connectivity index (χ1n) is 26.8. The molecule has 2 unspecified atom stereocenters. The van der Waals surface area contributed by atoms with Crippen molar-refractivity contribution in [2.75, 3.05) is 0 Å². The van der Waals surface area contributed by atoms with Gasteiger partial charge in [0.25, 0.3) is 0 Å². The van der Waals surface area contributed by atoms with E-state index >= 15 is 0 Å². The van der Waals surface area contributed by atoms with Gasteiger partial charge in [-0.3, -0.25) is 4.99 Å². The predicted molar refractivity (Wildman–Crippen MR) is 323 cm³/mol. The molecule has 77 heavy (non-hydrogen) atoms. The monoisotopic (exact) mass is 984 g/mol. The van der Waals surface area contributed by atoms with Crippen LogP contribution in [0.5, 0.6) is 0 Å². The van der Waals surface area contributed by atoms with Gasteiger partial charge in [0.05, 0.1) is 39.5 Å². The summed E-state index contributed by atoms with van der Waals surface area (Å²) in [5.41, 5.74) is 15.0. The third-order valence-corrected chi connectivity index (χ3v) is 16.5. The molecule has 1 aliphatic rings. The van der Waals surface area contributed by atoms with Crippen molar-refractivity contribution in [3.05, 3.63) is 265 Å². The largest absolute Gasteiger partial charge is 0.456 e. The molecule has 4 heterocycles. The van der Waals surface area contributed by atoms with Crippen LogP contribution in [0.2, 0.25) is 0 Å². The van der Waals surface area contributed by atoms with Crippen molar-refractivity contribution in [3.8, 4) is 22.5 Å². The average Bonchev–Trinajstić information content (AvgIpc) is 4.20. The van der Waals surface area contributed by atoms with Gasteiger partial charge < -0.3 is 13.6 Å². The van der Waals surface area contributed by atoms with Gasteiger partial charge in [0.2, 0.25) is 0 Å². The maximum Gasteiger partial charge on any atom is 0.155 e. The number of amidine groups is 1. The van der Waals surface area contributed by atoms with Gasteiger partial charge in [0, 0.05) is 55.0 Å². The quantitative estimate of drug-likeness (QED) is 0.157. The summed E-state index contributed by atoms with van der Waals surface area (Å²) in [5, 5.41) is 14.2. The Morgan fingerprint density at radius 1 is 0.390 bits per heavy atom. The molecule has 0 radical (unpaired) electrons. The SMILES string of the molecule is CCC1C(c2ccc3c(c2)c2ccccc2n3-c2ccccc2)=NC(c2ccc(-c3ccccc3)cc2)=NC1c1c(-n2c3cc4ccccc4cc3c3c4ccccc4ccc32)ccc2oc3cc4ccccc4cc3c12. The molecule has 3 aromatic heterocycles. The van der Waals surface area contributed by atoms with Crippen LogP contribution in [0.25, 0.3) is 120 Å². The van der Waals surface area contributed by atoms with Crippen molar-refractivity contribution in [2.45, 2.75) is 19.4 Å². The first-order chi connectivity index (χ1) is 38.1. The summed E-state index contributed by atoms with van der Waals surface area (Å²) in [7, 11) is 0. The summed E-state index contributed by atoms with van der Waals surface area (Å²) in [4.78, 5) is 11.8. The maximum absolute atomic E-state index is 7.04. The summed E-state index contributed by atoms with van der Waals surface area (Å²) in [6.07, 6.45) is 0.786. The van der Waals surface area contributed by atoms with E-state index in [1.54, 1.807) is 0 Å². The smallest absolute Gasteiger partial charge is 0.155 e. The first kappa shape index (κ1) is 43.5. The lowest BCUT2D eigenvalue weighted by Crippen LogP contribution is -2.29. The number of para-hydroxylation sites is 2. The fourth-order valence-electron chi connectivity index (χ4n) is 12.9. The Kier molecular flexibility index (Phi) is 9.67. The zero-order chi connectivity index (χ0) is 50.7. The average molecular weight is 985 g/mol. The lowest BCUT2D eigenvalue weighted by atomic mass is 9.80. The second-order valence-corrected chi connectivity index (χ2v) is 20.7. The van der Waals surface area contributed by atoms with E-state index in [0.29, 0.717) is 5.84 Å². The topological polar surface area (TPSA) is 47.7 Å². The fourth-order valence-corrected chi connectivity index (χ4v) is 12.9. The lowest BCUT2D eigenvalue weighted by molar-refractivity contribution is 0.534. The minimum atomic E-state index is -0.392. The van der Waals surface area contributed by atoms with Crippen LogP contribution in [-0.2, 0) is 0 Å². The van der Waals surface area contributed by atoms with Gasteiger partial charge in [0.15, 0.2) is 5.84 Å². The highest BCUT2D eigenvalue weighted by Crippen LogP contribution is 2.49. The van der Waals surface area contributed by atoms with Crippen LogP contribution in [0.4, 0.5) is 0 Å². The van der Waals surface area contributed by atoms with Crippen molar-refractivity contribution in [1.82, 2.24) is 9.13 Å². The molecule has 0 fully saturated rings. The molecular formula is C72H48N4O. The maximum atomic E-state index is 7.04. The highest BCUT2D eigenvalue weighted by Gasteiger charge is 2.37. The summed E-state index contributed by atoms with van der Waals surface area (Å²) in [6.45, 7) is 2.31. The Balaban J connectivity index is 1.01. The van der Waals surface area contributed by atoms with Crippen molar-refractivity contribution < 1.29 is 4.42 Å². The van der Waals surface area contributed by atoms with Gasteiger partial charge in [-0.2, -0.15) is 0 Å². The minimum Gasteiger partial charge on any atom is -0.456 e. The number of aliphatic imine (C=N–C) groups is 2. The molecule has 15 aromatic rings. The van der Waals surface area contributed by atoms with E-state index < -0.39 is 6.04 Å². The summed E-state index contributed by atoms with van der Waals surface area (Å²) < 4.78 is 12.0. The number of fused-ring (bicyclic) bond motifs is 13. The number of nitrogens with zero attached hydrogens (tertiary/aromatic N) is 4. The second kappa shape index (κ2) is 17.1. The molecule has 362 valence electrons. The van der Waals surface area contributed by atoms with Crippen LogP contribution < -0.4 is 0 Å². The molecule has 0 spiro atoms. The van der Waals surface area contributed by atoms with E-state index in [9.17, 15) is 0 Å². The molecule has 2 atom stereocenters. The lowest BCUT2D eigenvalue weighted by Gasteiger charge is -2.32. The first-order valence-corrected chi connectivity index (χ1v) is 26.8. The third kappa shape index (κ3) is 6.73. The molecular weight excluding hydrogens is 937 g/mol. The van der Waals surface area contributed by atoms with Crippen molar-refractivity contribution in [3.63, 3.8) is 0 Å². The van der Waals surface area contributed by atoms with Crippen LogP contribution in [0.1, 0.15) is 36.1 Å². The number of rotatable bonds is 7. The molecule has 0 bridgehead atoms.